The van der Waals surface area contributed by atoms with Crippen LogP contribution in [0.2, 0.25) is 0 Å². The average Bonchev–Trinajstić information content (AvgIpc) is 3.19. The normalized spacial score (nSPS) is 27.3. The molecular formula is C17H14N2O9S. The topological polar surface area (TPSA) is 175 Å². The number of carbonyl (C=O) groups is 3. The summed E-state index contributed by atoms with van der Waals surface area (Å²) in [6.07, 6.45) is -0.321. The molecule has 4 rings (SSSR count). The molecule has 1 aromatic heterocycles. The number of carboxylic acid groups (broad SMARTS) is 1. The van der Waals surface area contributed by atoms with Gasteiger partial charge in [-0.15, -0.1) is 0 Å². The Labute approximate surface area is 163 Å². The molecular weight excluding hydrogens is 408 g/mol. The minimum atomic E-state index is -4.18. The summed E-state index contributed by atoms with van der Waals surface area (Å²) in [4.78, 5) is 37.0. The molecule has 1 amide bonds. The lowest BCUT2D eigenvalue weighted by Gasteiger charge is -2.35. The van der Waals surface area contributed by atoms with Crippen molar-refractivity contribution in [3.63, 3.8) is 0 Å². The van der Waals surface area contributed by atoms with Crippen molar-refractivity contribution in [2.75, 3.05) is 0 Å². The number of aromatic nitrogens is 1. The first-order chi connectivity index (χ1) is 13.5. The number of benzene rings is 1. The Bertz CT molecular complexity index is 1190. The molecule has 3 N–H and O–H groups in total. The van der Waals surface area contributed by atoms with Gasteiger partial charge in [-0.3, -0.25) is 9.59 Å². The van der Waals surface area contributed by atoms with E-state index in [1.165, 1.54) is 6.07 Å². The summed E-state index contributed by atoms with van der Waals surface area (Å²) in [7, 11) is -4.18. The molecule has 0 aliphatic carbocycles. The van der Waals surface area contributed by atoms with Gasteiger partial charge in [0.25, 0.3) is 0 Å². The van der Waals surface area contributed by atoms with Crippen molar-refractivity contribution in [3.8, 4) is 11.5 Å². The molecule has 0 unspecified atom stereocenters. The molecule has 0 saturated carbocycles. The number of carboxylic acids is 1. The van der Waals surface area contributed by atoms with Gasteiger partial charge >= 0.3 is 5.97 Å². The van der Waals surface area contributed by atoms with Gasteiger partial charge in [-0.05, 0) is 25.1 Å². The summed E-state index contributed by atoms with van der Waals surface area (Å²) < 4.78 is 28.8. The van der Waals surface area contributed by atoms with Gasteiger partial charge < -0.3 is 24.7 Å². The van der Waals surface area contributed by atoms with Crippen LogP contribution in [0.3, 0.4) is 0 Å². The van der Waals surface area contributed by atoms with Gasteiger partial charge in [0.2, 0.25) is 17.5 Å². The number of phenols is 2. The zero-order valence-electron chi connectivity index (χ0n) is 14.8. The number of ketones is 1. The van der Waals surface area contributed by atoms with E-state index in [2.05, 4.69) is 5.16 Å². The van der Waals surface area contributed by atoms with E-state index in [1.54, 1.807) is 0 Å². The third-order valence-corrected chi connectivity index (χ3v) is 8.14. The molecule has 2 fully saturated rings. The molecule has 0 spiro atoms. The highest BCUT2D eigenvalue weighted by Gasteiger charge is 2.71. The summed E-state index contributed by atoms with van der Waals surface area (Å²) in [5, 5.41) is 30.8. The summed E-state index contributed by atoms with van der Waals surface area (Å²) in [5.74, 6) is -4.28. The molecule has 1 aromatic carbocycles. The van der Waals surface area contributed by atoms with Crippen LogP contribution in [0, 0.1) is 0 Å². The SMILES string of the molecule is C[C@]1(c2cc(C(=O)c3ccc(O)c(O)c3)on2)[C@H](C(=O)O)N2C(=O)C[C@H]2S1(=O)=O. The van der Waals surface area contributed by atoms with Gasteiger partial charge in [-0.1, -0.05) is 5.16 Å². The number of sulfone groups is 1. The maximum atomic E-state index is 13.0. The van der Waals surface area contributed by atoms with Crippen LogP contribution in [0.1, 0.15) is 35.2 Å². The van der Waals surface area contributed by atoms with Gasteiger partial charge in [0.15, 0.2) is 27.4 Å². The molecule has 2 aromatic rings. The van der Waals surface area contributed by atoms with Crippen molar-refractivity contribution in [1.29, 1.82) is 0 Å². The monoisotopic (exact) mass is 422 g/mol. The first-order valence-electron chi connectivity index (χ1n) is 8.31. The van der Waals surface area contributed by atoms with E-state index >= 15 is 0 Å². The number of phenolic OH excluding ortho intramolecular Hbond substituents is 2. The summed E-state index contributed by atoms with van der Waals surface area (Å²) in [6.45, 7) is 1.13. The zero-order valence-corrected chi connectivity index (χ0v) is 15.6. The molecule has 2 saturated heterocycles. The number of amides is 1. The number of hydrogen-bond donors (Lipinski definition) is 3. The van der Waals surface area contributed by atoms with Crippen molar-refractivity contribution >= 4 is 27.5 Å². The molecule has 3 atom stereocenters. The van der Waals surface area contributed by atoms with Crippen LogP contribution >= 0.6 is 0 Å². The van der Waals surface area contributed by atoms with E-state index in [0.29, 0.717) is 0 Å². The lowest BCUT2D eigenvalue weighted by atomic mass is 9.93. The van der Waals surface area contributed by atoms with Crippen molar-refractivity contribution in [2.24, 2.45) is 0 Å². The minimum Gasteiger partial charge on any atom is -0.504 e. The largest absolute Gasteiger partial charge is 0.504 e. The van der Waals surface area contributed by atoms with Crippen LogP contribution in [0.25, 0.3) is 0 Å². The molecule has 12 heteroatoms. The Morgan fingerprint density at radius 3 is 2.52 bits per heavy atom. The molecule has 11 nitrogen and oxygen atoms in total. The van der Waals surface area contributed by atoms with Gasteiger partial charge in [0, 0.05) is 11.6 Å². The number of carbonyl (C=O) groups excluding carboxylic acids is 2. The number of aliphatic carboxylic acids is 1. The number of aromatic hydroxyl groups is 2. The number of rotatable bonds is 4. The minimum absolute atomic E-state index is 0.0730. The van der Waals surface area contributed by atoms with Gasteiger partial charge in [-0.2, -0.15) is 0 Å². The van der Waals surface area contributed by atoms with E-state index in [-0.39, 0.29) is 17.7 Å². The van der Waals surface area contributed by atoms with Crippen LogP contribution in [-0.4, -0.2) is 62.9 Å². The van der Waals surface area contributed by atoms with Crippen LogP contribution < -0.4 is 0 Å². The average molecular weight is 422 g/mol. The molecule has 2 aliphatic rings. The number of fused-ring (bicyclic) bond motifs is 1. The van der Waals surface area contributed by atoms with Crippen LogP contribution in [0.4, 0.5) is 0 Å². The van der Waals surface area contributed by atoms with Crippen molar-refractivity contribution < 1.29 is 42.6 Å². The Morgan fingerprint density at radius 1 is 1.24 bits per heavy atom. The molecule has 0 bridgehead atoms. The van der Waals surface area contributed by atoms with Crippen LogP contribution in [0.15, 0.2) is 28.8 Å². The fourth-order valence-corrected chi connectivity index (χ4v) is 6.12. The van der Waals surface area contributed by atoms with Gasteiger partial charge in [-0.25, -0.2) is 13.2 Å². The molecule has 29 heavy (non-hydrogen) atoms. The predicted molar refractivity (Wildman–Crippen MR) is 92.7 cm³/mol. The maximum absolute atomic E-state index is 13.0. The van der Waals surface area contributed by atoms with Crippen molar-refractivity contribution in [1.82, 2.24) is 10.1 Å². The fraction of sp³-hybridized carbons (Fsp3) is 0.294. The van der Waals surface area contributed by atoms with E-state index < -0.39 is 60.9 Å². The lowest BCUT2D eigenvalue weighted by Crippen LogP contribution is -2.57. The Hall–Kier alpha value is -3.41. The molecule has 2 aliphatic heterocycles. The number of nitrogens with zero attached hydrogens (tertiary/aromatic N) is 2. The zero-order chi connectivity index (χ0) is 21.3. The van der Waals surface area contributed by atoms with Crippen molar-refractivity contribution in [2.45, 2.75) is 29.5 Å². The highest BCUT2D eigenvalue weighted by atomic mass is 32.2. The Kier molecular flexibility index (Phi) is 3.78. The smallest absolute Gasteiger partial charge is 0.328 e. The number of hydrogen-bond acceptors (Lipinski definition) is 9. The third-order valence-electron chi connectivity index (χ3n) is 5.41. The highest BCUT2D eigenvalue weighted by molar-refractivity contribution is 7.93. The second-order valence-corrected chi connectivity index (χ2v) is 9.44. The molecule has 3 heterocycles. The standard InChI is InChI=1S/C17H14N2O9S/c1-17(15(16(24)25)19-12(22)6-13(19)29(17,26)27)11-5-10(28-18-11)14(23)7-2-3-8(20)9(21)4-7/h2-5,13,15,20-21H,6H2,1H3,(H,24,25)/t13-,15+,17+/m1/s1. The first-order valence-corrected chi connectivity index (χ1v) is 9.86. The van der Waals surface area contributed by atoms with Gasteiger partial charge in [0.05, 0.1) is 6.42 Å². The van der Waals surface area contributed by atoms with E-state index in [4.69, 9.17) is 4.52 Å². The van der Waals surface area contributed by atoms with E-state index in [9.17, 15) is 38.1 Å². The third kappa shape index (κ3) is 2.32. The summed E-state index contributed by atoms with van der Waals surface area (Å²) in [5.41, 5.74) is -0.394. The molecule has 0 radical (unpaired) electrons. The quantitative estimate of drug-likeness (QED) is 0.345. The first kappa shape index (κ1) is 18.9. The summed E-state index contributed by atoms with van der Waals surface area (Å²) in [6, 6.07) is 2.57. The van der Waals surface area contributed by atoms with Crippen LogP contribution in [0.5, 0.6) is 11.5 Å². The molecule has 152 valence electrons. The predicted octanol–water partition coefficient (Wildman–Crippen LogP) is -0.0280. The summed E-state index contributed by atoms with van der Waals surface area (Å²) >= 11 is 0. The fourth-order valence-electron chi connectivity index (χ4n) is 3.74. The second kappa shape index (κ2) is 5.80. The van der Waals surface area contributed by atoms with E-state index in [0.717, 1.165) is 30.0 Å². The van der Waals surface area contributed by atoms with Crippen LogP contribution in [-0.2, 0) is 24.2 Å². The van der Waals surface area contributed by atoms with Gasteiger partial charge in [0.1, 0.15) is 15.8 Å². The van der Waals surface area contributed by atoms with Crippen molar-refractivity contribution in [3.05, 3.63) is 41.3 Å². The lowest BCUT2D eigenvalue weighted by molar-refractivity contribution is -0.157. The highest BCUT2D eigenvalue weighted by Crippen LogP contribution is 2.51. The number of β-lactam (4-membered cyclic amide) rings is 1. The Morgan fingerprint density at radius 2 is 1.93 bits per heavy atom. The van der Waals surface area contributed by atoms with E-state index in [1.807, 2.05) is 0 Å². The maximum Gasteiger partial charge on any atom is 0.328 e. The second-order valence-electron chi connectivity index (χ2n) is 6.96. The Balaban J connectivity index is 1.78.